The van der Waals surface area contributed by atoms with E-state index in [1.807, 2.05) is 0 Å². The number of aliphatic hydroxyl groups excluding tert-OH is 1. The molecule has 1 aromatic rings. The van der Waals surface area contributed by atoms with Crippen molar-refractivity contribution < 1.29 is 9.90 Å². The Morgan fingerprint density at radius 2 is 2.00 bits per heavy atom. The fourth-order valence-corrected chi connectivity index (χ4v) is 3.88. The van der Waals surface area contributed by atoms with Gasteiger partial charge in [0.2, 0.25) is 0 Å². The van der Waals surface area contributed by atoms with Gasteiger partial charge >= 0.3 is 0 Å². The van der Waals surface area contributed by atoms with Crippen LogP contribution in [0.4, 0.5) is 0 Å². The molecule has 104 valence electrons. The van der Waals surface area contributed by atoms with E-state index in [9.17, 15) is 9.90 Å². The molecule has 0 spiro atoms. The minimum absolute atomic E-state index is 0.00305. The van der Waals surface area contributed by atoms with Crippen molar-refractivity contribution >= 4 is 17.2 Å². The average molecular weight is 279 g/mol. The molecule has 1 amide bonds. The number of carbonyl (C=O) groups excluding carboxylic acids is 1. The Hall–Kier alpha value is -0.870. The van der Waals surface area contributed by atoms with Crippen molar-refractivity contribution in [1.29, 1.82) is 0 Å². The fourth-order valence-electron chi connectivity index (χ4n) is 2.73. The number of thiophene rings is 1. The molecule has 0 bridgehead atoms. The molecule has 3 rings (SSSR count). The lowest BCUT2D eigenvalue weighted by atomic mass is 10.00. The summed E-state index contributed by atoms with van der Waals surface area (Å²) >= 11 is 1.65. The number of aryl methyl sites for hydroxylation is 2. The normalized spacial score (nSPS) is 21.1. The topological polar surface area (TPSA) is 49.3 Å². The van der Waals surface area contributed by atoms with Crippen LogP contribution in [0.2, 0.25) is 0 Å². The highest BCUT2D eigenvalue weighted by Crippen LogP contribution is 2.36. The molecular formula is C15H21NO2S. The lowest BCUT2D eigenvalue weighted by Gasteiger charge is -2.12. The molecule has 1 saturated carbocycles. The molecule has 1 aromatic heterocycles. The summed E-state index contributed by atoms with van der Waals surface area (Å²) < 4.78 is 0. The van der Waals surface area contributed by atoms with Crippen LogP contribution in [-0.4, -0.2) is 23.2 Å². The lowest BCUT2D eigenvalue weighted by molar-refractivity contribution is 0.0911. The molecule has 1 fully saturated rings. The molecule has 4 heteroatoms. The van der Waals surface area contributed by atoms with E-state index in [-0.39, 0.29) is 18.1 Å². The van der Waals surface area contributed by atoms with Crippen molar-refractivity contribution in [2.75, 3.05) is 6.61 Å². The van der Waals surface area contributed by atoms with Crippen LogP contribution in [0.25, 0.3) is 0 Å². The lowest BCUT2D eigenvalue weighted by Crippen LogP contribution is -2.39. The van der Waals surface area contributed by atoms with Crippen LogP contribution >= 0.6 is 11.3 Å². The average Bonchev–Trinajstić information content (AvgIpc) is 3.04. The fraction of sp³-hybridized carbons (Fsp3) is 0.667. The first-order valence-corrected chi connectivity index (χ1v) is 8.09. The SMILES string of the molecule is O=C(NC1(CO)CC1)c1cc2c(s1)CCCCCC2. The predicted molar refractivity (Wildman–Crippen MR) is 76.7 cm³/mol. The molecule has 0 radical (unpaired) electrons. The van der Waals surface area contributed by atoms with Gasteiger partial charge in [0.1, 0.15) is 0 Å². The summed E-state index contributed by atoms with van der Waals surface area (Å²) in [4.78, 5) is 14.5. The van der Waals surface area contributed by atoms with Gasteiger partial charge in [0.05, 0.1) is 17.0 Å². The van der Waals surface area contributed by atoms with E-state index in [4.69, 9.17) is 0 Å². The number of hydrogen-bond donors (Lipinski definition) is 2. The van der Waals surface area contributed by atoms with Gasteiger partial charge in [-0.1, -0.05) is 12.8 Å². The van der Waals surface area contributed by atoms with Gasteiger partial charge in [-0.25, -0.2) is 0 Å². The number of aliphatic hydroxyl groups is 1. The number of amides is 1. The van der Waals surface area contributed by atoms with Crippen LogP contribution in [0.15, 0.2) is 6.07 Å². The van der Waals surface area contributed by atoms with Gasteiger partial charge in [-0.2, -0.15) is 0 Å². The monoisotopic (exact) mass is 279 g/mol. The Labute approximate surface area is 118 Å². The standard InChI is InChI=1S/C15H21NO2S/c17-10-15(7-8-15)16-14(18)13-9-11-5-3-1-2-4-6-12(11)19-13/h9,17H,1-8,10H2,(H,16,18). The van der Waals surface area contributed by atoms with Gasteiger partial charge in [-0.05, 0) is 50.2 Å². The molecule has 0 aliphatic heterocycles. The highest BCUT2D eigenvalue weighted by Gasteiger charge is 2.43. The van der Waals surface area contributed by atoms with E-state index in [0.717, 1.165) is 30.6 Å². The Bertz CT molecular complexity index is 451. The van der Waals surface area contributed by atoms with E-state index < -0.39 is 0 Å². The maximum absolute atomic E-state index is 12.2. The van der Waals surface area contributed by atoms with Crippen LogP contribution in [0.1, 0.15) is 58.6 Å². The summed E-state index contributed by atoms with van der Waals surface area (Å²) in [6, 6.07) is 2.08. The number of rotatable bonds is 3. The number of carbonyl (C=O) groups is 1. The van der Waals surface area contributed by atoms with E-state index in [2.05, 4.69) is 11.4 Å². The molecule has 19 heavy (non-hydrogen) atoms. The van der Waals surface area contributed by atoms with Gasteiger partial charge in [-0.3, -0.25) is 4.79 Å². The second-order valence-electron chi connectivity index (χ2n) is 5.87. The van der Waals surface area contributed by atoms with Crippen molar-refractivity contribution in [3.8, 4) is 0 Å². The maximum Gasteiger partial charge on any atom is 0.261 e. The van der Waals surface area contributed by atoms with E-state index in [1.54, 1.807) is 11.3 Å². The van der Waals surface area contributed by atoms with E-state index >= 15 is 0 Å². The highest BCUT2D eigenvalue weighted by atomic mass is 32.1. The first kappa shape index (κ1) is 13.1. The summed E-state index contributed by atoms with van der Waals surface area (Å²) in [5, 5.41) is 12.3. The zero-order chi connectivity index (χ0) is 13.3. The van der Waals surface area contributed by atoms with Gasteiger partial charge in [0.25, 0.3) is 5.91 Å². The Morgan fingerprint density at radius 1 is 1.26 bits per heavy atom. The molecule has 2 N–H and O–H groups in total. The third kappa shape index (κ3) is 2.84. The first-order valence-electron chi connectivity index (χ1n) is 7.27. The Morgan fingerprint density at radius 3 is 2.68 bits per heavy atom. The van der Waals surface area contributed by atoms with Gasteiger partial charge in [-0.15, -0.1) is 11.3 Å². The van der Waals surface area contributed by atoms with Gasteiger partial charge in [0, 0.05) is 4.88 Å². The van der Waals surface area contributed by atoms with E-state index in [1.165, 1.54) is 36.1 Å². The summed E-state index contributed by atoms with van der Waals surface area (Å²) in [6.07, 6.45) is 9.15. The Kier molecular flexibility index (Phi) is 3.63. The minimum atomic E-state index is -0.310. The second-order valence-corrected chi connectivity index (χ2v) is 7.00. The zero-order valence-corrected chi connectivity index (χ0v) is 12.0. The number of hydrogen-bond acceptors (Lipinski definition) is 3. The molecule has 2 aliphatic rings. The molecule has 0 saturated heterocycles. The van der Waals surface area contributed by atoms with Crippen molar-refractivity contribution in [3.63, 3.8) is 0 Å². The molecule has 3 nitrogen and oxygen atoms in total. The maximum atomic E-state index is 12.2. The van der Waals surface area contributed by atoms with Gasteiger partial charge in [0.15, 0.2) is 0 Å². The number of fused-ring (bicyclic) bond motifs is 1. The molecule has 1 heterocycles. The van der Waals surface area contributed by atoms with Gasteiger partial charge < -0.3 is 10.4 Å². The largest absolute Gasteiger partial charge is 0.394 e. The number of nitrogens with one attached hydrogen (secondary N) is 1. The summed E-state index contributed by atoms with van der Waals surface area (Å²) in [5.74, 6) is 0.00305. The second kappa shape index (κ2) is 5.25. The van der Waals surface area contributed by atoms with Crippen LogP contribution in [0, 0.1) is 0 Å². The predicted octanol–water partition coefficient (Wildman–Crippen LogP) is 2.66. The zero-order valence-electron chi connectivity index (χ0n) is 11.2. The molecule has 0 atom stereocenters. The molecule has 0 aromatic carbocycles. The molecule has 2 aliphatic carbocycles. The van der Waals surface area contributed by atoms with Crippen LogP contribution < -0.4 is 5.32 Å². The smallest absolute Gasteiger partial charge is 0.261 e. The van der Waals surface area contributed by atoms with Crippen molar-refractivity contribution in [2.24, 2.45) is 0 Å². The van der Waals surface area contributed by atoms with Crippen molar-refractivity contribution in [3.05, 3.63) is 21.4 Å². The first-order chi connectivity index (χ1) is 9.22. The summed E-state index contributed by atoms with van der Waals surface area (Å²) in [6.45, 7) is 0.0594. The van der Waals surface area contributed by atoms with Crippen LogP contribution in [0.3, 0.4) is 0 Å². The van der Waals surface area contributed by atoms with Crippen molar-refractivity contribution in [1.82, 2.24) is 5.32 Å². The van der Waals surface area contributed by atoms with Crippen LogP contribution in [-0.2, 0) is 12.8 Å². The third-order valence-corrected chi connectivity index (χ3v) is 5.49. The van der Waals surface area contributed by atoms with Crippen molar-refractivity contribution in [2.45, 2.75) is 56.9 Å². The Balaban J connectivity index is 1.74. The quantitative estimate of drug-likeness (QED) is 0.893. The highest BCUT2D eigenvalue weighted by molar-refractivity contribution is 7.14. The molecular weight excluding hydrogens is 258 g/mol. The summed E-state index contributed by atoms with van der Waals surface area (Å²) in [5.41, 5.74) is 1.07. The third-order valence-electron chi connectivity index (χ3n) is 4.26. The van der Waals surface area contributed by atoms with E-state index in [0.29, 0.717) is 0 Å². The van der Waals surface area contributed by atoms with Crippen LogP contribution in [0.5, 0.6) is 0 Å². The summed E-state index contributed by atoms with van der Waals surface area (Å²) in [7, 11) is 0. The minimum Gasteiger partial charge on any atom is -0.394 e. The molecule has 0 unspecified atom stereocenters.